The molecule has 118 valence electrons. The molecule has 8 nitrogen and oxygen atoms in total. The van der Waals surface area contributed by atoms with Gasteiger partial charge in [-0.3, -0.25) is 14.7 Å². The molecule has 0 aromatic carbocycles. The Bertz CT molecular complexity index is 798. The number of aromatic amines is 1. The number of anilines is 1. The second kappa shape index (κ2) is 5.38. The van der Waals surface area contributed by atoms with Gasteiger partial charge in [0.15, 0.2) is 6.61 Å². The van der Waals surface area contributed by atoms with Crippen LogP contribution in [0.2, 0.25) is 0 Å². The number of aromatic nitrogens is 3. The van der Waals surface area contributed by atoms with E-state index >= 15 is 0 Å². The van der Waals surface area contributed by atoms with Crippen molar-refractivity contribution in [1.29, 1.82) is 0 Å². The number of aryl methyl sites for hydroxylation is 1. The minimum absolute atomic E-state index is 0.0597. The first-order chi connectivity index (χ1) is 11.2. The van der Waals surface area contributed by atoms with Gasteiger partial charge in [-0.25, -0.2) is 4.98 Å². The van der Waals surface area contributed by atoms with E-state index in [-0.39, 0.29) is 18.4 Å². The lowest BCUT2D eigenvalue weighted by Crippen LogP contribution is -2.27. The molecule has 0 spiro atoms. The predicted molar refractivity (Wildman–Crippen MR) is 80.1 cm³/mol. The molecule has 23 heavy (non-hydrogen) atoms. The lowest BCUT2D eigenvalue weighted by Gasteiger charge is -2.17. The molecule has 0 unspecified atom stereocenters. The Kier molecular flexibility index (Phi) is 3.22. The number of ether oxygens (including phenoxy) is 1. The largest absolute Gasteiger partial charge is 0.466 e. The molecule has 2 amide bonds. The van der Waals surface area contributed by atoms with E-state index < -0.39 is 0 Å². The second-order valence-electron chi connectivity index (χ2n) is 5.58. The van der Waals surface area contributed by atoms with Gasteiger partial charge in [0.25, 0.3) is 11.8 Å². The summed E-state index contributed by atoms with van der Waals surface area (Å²) in [6.45, 7) is 0.306. The van der Waals surface area contributed by atoms with E-state index in [0.717, 1.165) is 25.0 Å². The van der Waals surface area contributed by atoms with Gasteiger partial charge in [0.05, 0.1) is 17.8 Å². The van der Waals surface area contributed by atoms with Crippen LogP contribution in [0.1, 0.15) is 33.7 Å². The summed E-state index contributed by atoms with van der Waals surface area (Å²) in [5, 5.41) is 12.7. The highest BCUT2D eigenvalue weighted by molar-refractivity contribution is 5.99. The molecule has 0 bridgehead atoms. The van der Waals surface area contributed by atoms with Crippen molar-refractivity contribution < 1.29 is 14.3 Å². The molecule has 3 N–H and O–H groups in total. The van der Waals surface area contributed by atoms with Crippen molar-refractivity contribution in [1.82, 2.24) is 20.5 Å². The third-order valence-electron chi connectivity index (χ3n) is 4.04. The minimum atomic E-state index is -0.269. The Labute approximate surface area is 131 Å². The first-order valence-electron chi connectivity index (χ1n) is 7.46. The lowest BCUT2D eigenvalue weighted by atomic mass is 10.2. The molecule has 2 aliphatic rings. The SMILES string of the molecule is O=C1COc2ncc(C(=O)NCc3n[nH]c4c3CCC4)cc2N1. The zero-order chi connectivity index (χ0) is 15.8. The summed E-state index contributed by atoms with van der Waals surface area (Å²) in [6.07, 6.45) is 4.57. The van der Waals surface area contributed by atoms with Gasteiger partial charge in [0.1, 0.15) is 5.69 Å². The predicted octanol–water partition coefficient (Wildman–Crippen LogP) is 0.554. The summed E-state index contributed by atoms with van der Waals surface area (Å²) in [5.74, 6) is -0.204. The van der Waals surface area contributed by atoms with E-state index in [2.05, 4.69) is 25.8 Å². The number of rotatable bonds is 3. The fraction of sp³-hybridized carbons (Fsp3) is 0.333. The normalized spacial score (nSPS) is 15.4. The van der Waals surface area contributed by atoms with Gasteiger partial charge >= 0.3 is 0 Å². The minimum Gasteiger partial charge on any atom is -0.466 e. The third kappa shape index (κ3) is 2.52. The summed E-state index contributed by atoms with van der Waals surface area (Å²) in [5.41, 5.74) is 4.05. The number of nitrogens with one attached hydrogen (secondary N) is 3. The van der Waals surface area contributed by atoms with Crippen molar-refractivity contribution in [3.63, 3.8) is 0 Å². The van der Waals surface area contributed by atoms with Crippen LogP contribution < -0.4 is 15.4 Å². The molecular weight excluding hydrogens is 298 g/mol. The van der Waals surface area contributed by atoms with Crippen LogP contribution in [0.25, 0.3) is 0 Å². The van der Waals surface area contributed by atoms with E-state index in [1.54, 1.807) is 6.07 Å². The van der Waals surface area contributed by atoms with Crippen molar-refractivity contribution in [3.05, 3.63) is 34.8 Å². The first kappa shape index (κ1) is 13.7. The number of fused-ring (bicyclic) bond motifs is 2. The smallest absolute Gasteiger partial charge is 0.262 e. The third-order valence-corrected chi connectivity index (χ3v) is 4.04. The van der Waals surface area contributed by atoms with E-state index in [0.29, 0.717) is 23.7 Å². The van der Waals surface area contributed by atoms with Crippen LogP contribution in [0, 0.1) is 0 Å². The maximum absolute atomic E-state index is 12.3. The number of hydrogen-bond donors (Lipinski definition) is 3. The average molecular weight is 313 g/mol. The quantitative estimate of drug-likeness (QED) is 0.767. The maximum atomic E-state index is 12.3. The standard InChI is InChI=1S/C15H15N5O3/c21-13-7-23-15-11(18-13)4-8(5-17-15)14(22)16-6-12-9-2-1-3-10(9)19-20-12/h4-5H,1-3,6-7H2,(H,16,22)(H,18,21)(H,19,20). The van der Waals surface area contributed by atoms with Gasteiger partial charge in [0, 0.05) is 11.9 Å². The van der Waals surface area contributed by atoms with Crippen molar-refractivity contribution in [2.45, 2.75) is 25.8 Å². The number of carbonyl (C=O) groups excluding carboxylic acids is 2. The van der Waals surface area contributed by atoms with Crippen LogP contribution in [0.5, 0.6) is 5.88 Å². The summed E-state index contributed by atoms with van der Waals surface area (Å²) < 4.78 is 5.17. The van der Waals surface area contributed by atoms with Gasteiger partial charge in [-0.2, -0.15) is 5.10 Å². The zero-order valence-electron chi connectivity index (χ0n) is 12.3. The molecule has 2 aromatic rings. The molecule has 0 fully saturated rings. The highest BCUT2D eigenvalue weighted by Gasteiger charge is 2.21. The van der Waals surface area contributed by atoms with Crippen LogP contribution in [-0.4, -0.2) is 33.6 Å². The summed E-state index contributed by atoms with van der Waals surface area (Å²) in [6, 6.07) is 1.56. The van der Waals surface area contributed by atoms with Crippen LogP contribution >= 0.6 is 0 Å². The second-order valence-corrected chi connectivity index (χ2v) is 5.58. The fourth-order valence-corrected chi connectivity index (χ4v) is 2.90. The Morgan fingerprint density at radius 1 is 1.39 bits per heavy atom. The number of nitrogens with zero attached hydrogens (tertiary/aromatic N) is 2. The monoisotopic (exact) mass is 313 g/mol. The number of pyridine rings is 1. The molecule has 4 rings (SSSR count). The van der Waals surface area contributed by atoms with Gasteiger partial charge in [-0.1, -0.05) is 0 Å². The molecule has 3 heterocycles. The summed E-state index contributed by atoms with van der Waals surface area (Å²) in [4.78, 5) is 27.6. The van der Waals surface area contributed by atoms with Crippen molar-refractivity contribution in [2.24, 2.45) is 0 Å². The summed E-state index contributed by atoms with van der Waals surface area (Å²) in [7, 11) is 0. The summed E-state index contributed by atoms with van der Waals surface area (Å²) >= 11 is 0. The van der Waals surface area contributed by atoms with Crippen molar-refractivity contribution >= 4 is 17.5 Å². The maximum Gasteiger partial charge on any atom is 0.262 e. The molecule has 1 aliphatic carbocycles. The van der Waals surface area contributed by atoms with Crippen LogP contribution in [0.3, 0.4) is 0 Å². The topological polar surface area (TPSA) is 109 Å². The molecule has 1 aliphatic heterocycles. The molecule has 8 heteroatoms. The molecule has 2 aromatic heterocycles. The van der Waals surface area contributed by atoms with E-state index in [9.17, 15) is 9.59 Å². The molecule has 0 atom stereocenters. The fourth-order valence-electron chi connectivity index (χ4n) is 2.90. The first-order valence-corrected chi connectivity index (χ1v) is 7.46. The Balaban J connectivity index is 1.47. The number of amides is 2. The van der Waals surface area contributed by atoms with Crippen LogP contribution in [-0.2, 0) is 24.2 Å². The number of hydrogen-bond acceptors (Lipinski definition) is 5. The molecular formula is C15H15N5O3. The Hall–Kier alpha value is -2.90. The van der Waals surface area contributed by atoms with E-state index in [1.807, 2.05) is 0 Å². The van der Waals surface area contributed by atoms with Gasteiger partial charge in [-0.05, 0) is 30.9 Å². The molecule has 0 saturated heterocycles. The highest BCUT2D eigenvalue weighted by atomic mass is 16.5. The zero-order valence-corrected chi connectivity index (χ0v) is 12.3. The Morgan fingerprint density at radius 2 is 2.30 bits per heavy atom. The lowest BCUT2D eigenvalue weighted by molar-refractivity contribution is -0.118. The molecule has 0 radical (unpaired) electrons. The van der Waals surface area contributed by atoms with Crippen LogP contribution in [0.15, 0.2) is 12.3 Å². The van der Waals surface area contributed by atoms with Crippen molar-refractivity contribution in [2.75, 3.05) is 11.9 Å². The Morgan fingerprint density at radius 3 is 3.22 bits per heavy atom. The average Bonchev–Trinajstić information content (AvgIpc) is 3.15. The van der Waals surface area contributed by atoms with Gasteiger partial charge in [0.2, 0.25) is 5.88 Å². The number of carbonyl (C=O) groups is 2. The van der Waals surface area contributed by atoms with Gasteiger partial charge in [-0.15, -0.1) is 0 Å². The van der Waals surface area contributed by atoms with Crippen molar-refractivity contribution in [3.8, 4) is 5.88 Å². The van der Waals surface area contributed by atoms with Crippen LogP contribution in [0.4, 0.5) is 5.69 Å². The number of H-pyrrole nitrogens is 1. The van der Waals surface area contributed by atoms with E-state index in [1.165, 1.54) is 17.5 Å². The highest BCUT2D eigenvalue weighted by Crippen LogP contribution is 2.26. The van der Waals surface area contributed by atoms with E-state index in [4.69, 9.17) is 4.74 Å². The van der Waals surface area contributed by atoms with Gasteiger partial charge < -0.3 is 15.4 Å². The molecule has 0 saturated carbocycles.